The van der Waals surface area contributed by atoms with Crippen LogP contribution in [0.4, 0.5) is 0 Å². The first kappa shape index (κ1) is 13.9. The Morgan fingerprint density at radius 2 is 2.07 bits per heavy atom. The fourth-order valence-corrected chi connectivity index (χ4v) is 0.806. The van der Waals surface area contributed by atoms with Gasteiger partial charge in [0.05, 0.1) is 30.6 Å². The third-order valence-electron chi connectivity index (χ3n) is 2.06. The van der Waals surface area contributed by atoms with Crippen molar-refractivity contribution in [2.24, 2.45) is 11.3 Å². The van der Waals surface area contributed by atoms with Gasteiger partial charge >= 0.3 is 5.97 Å². The number of nitriles is 1. The predicted molar refractivity (Wildman–Crippen MR) is 55.8 cm³/mol. The lowest BCUT2D eigenvalue weighted by atomic mass is 9.86. The molecule has 0 heterocycles. The summed E-state index contributed by atoms with van der Waals surface area (Å²) in [6.07, 6.45) is -1.12. The molecule has 1 N–H and O–H groups in total. The van der Waals surface area contributed by atoms with Crippen molar-refractivity contribution in [3.8, 4) is 6.07 Å². The smallest absolute Gasteiger partial charge is 0.308 e. The first-order valence-electron chi connectivity index (χ1n) is 5.04. The lowest BCUT2D eigenvalue weighted by Crippen LogP contribution is -2.31. The molecule has 0 fully saturated rings. The summed E-state index contributed by atoms with van der Waals surface area (Å²) in [5.41, 5.74) is -0.920. The van der Waals surface area contributed by atoms with Gasteiger partial charge in [-0.15, -0.1) is 0 Å². The highest BCUT2D eigenvalue weighted by Gasteiger charge is 2.30. The average Bonchev–Trinajstić information content (AvgIpc) is 2.14. The Kier molecular flexibility index (Phi) is 5.31. The van der Waals surface area contributed by atoms with Crippen LogP contribution in [0.3, 0.4) is 0 Å². The Morgan fingerprint density at radius 1 is 1.53 bits per heavy atom. The fourth-order valence-electron chi connectivity index (χ4n) is 0.806. The monoisotopic (exact) mass is 213 g/mol. The van der Waals surface area contributed by atoms with Crippen LogP contribution in [0.2, 0.25) is 0 Å². The number of aliphatic hydroxyl groups is 1. The zero-order chi connectivity index (χ0) is 12.1. The molecule has 0 aromatic rings. The maximum Gasteiger partial charge on any atom is 0.308 e. The van der Waals surface area contributed by atoms with Crippen LogP contribution in [-0.2, 0) is 9.53 Å². The van der Waals surface area contributed by atoms with Gasteiger partial charge in [-0.05, 0) is 19.8 Å². The molecule has 0 saturated carbocycles. The van der Waals surface area contributed by atoms with Crippen molar-refractivity contribution in [2.45, 2.75) is 40.2 Å². The molecule has 0 bridgehead atoms. The molecule has 15 heavy (non-hydrogen) atoms. The molecule has 0 rings (SSSR count). The van der Waals surface area contributed by atoms with Crippen LogP contribution in [0.15, 0.2) is 0 Å². The van der Waals surface area contributed by atoms with E-state index < -0.39 is 17.5 Å². The summed E-state index contributed by atoms with van der Waals surface area (Å²) in [5, 5.41) is 18.3. The van der Waals surface area contributed by atoms with Crippen LogP contribution in [0.5, 0.6) is 0 Å². The summed E-state index contributed by atoms with van der Waals surface area (Å²) in [5.74, 6) is -0.186. The molecule has 1 unspecified atom stereocenters. The number of aliphatic hydroxyl groups excluding tert-OH is 1. The maximum atomic E-state index is 11.2. The Hall–Kier alpha value is -1.08. The Balaban J connectivity index is 4.03. The van der Waals surface area contributed by atoms with Gasteiger partial charge in [-0.3, -0.25) is 4.79 Å². The predicted octanol–water partition coefficient (Wildman–Crippen LogP) is 1.49. The van der Waals surface area contributed by atoms with Gasteiger partial charge < -0.3 is 9.84 Å². The van der Waals surface area contributed by atoms with Crippen molar-refractivity contribution in [2.75, 3.05) is 6.61 Å². The second kappa shape index (κ2) is 5.72. The minimum absolute atomic E-state index is 0.132. The summed E-state index contributed by atoms with van der Waals surface area (Å²) < 4.78 is 4.91. The second-order valence-corrected chi connectivity index (χ2v) is 4.63. The van der Waals surface area contributed by atoms with Crippen molar-refractivity contribution in [1.82, 2.24) is 0 Å². The molecule has 0 aliphatic heterocycles. The topological polar surface area (TPSA) is 70.3 Å². The number of esters is 1. The van der Waals surface area contributed by atoms with E-state index in [0.29, 0.717) is 6.61 Å². The molecular weight excluding hydrogens is 194 g/mol. The molecule has 0 aliphatic rings. The summed E-state index contributed by atoms with van der Waals surface area (Å²) in [7, 11) is 0. The Morgan fingerprint density at radius 3 is 2.47 bits per heavy atom. The van der Waals surface area contributed by atoms with Gasteiger partial charge in [0, 0.05) is 0 Å². The van der Waals surface area contributed by atoms with Crippen LogP contribution in [0.25, 0.3) is 0 Å². The zero-order valence-corrected chi connectivity index (χ0v) is 9.78. The van der Waals surface area contributed by atoms with E-state index in [-0.39, 0.29) is 12.3 Å². The molecule has 4 heteroatoms. The van der Waals surface area contributed by atoms with Crippen molar-refractivity contribution >= 4 is 5.97 Å². The zero-order valence-electron chi connectivity index (χ0n) is 9.78. The first-order chi connectivity index (χ1) is 6.79. The van der Waals surface area contributed by atoms with Crippen LogP contribution in [0, 0.1) is 22.7 Å². The Bertz CT molecular complexity index is 253. The number of hydrogen-bond donors (Lipinski definition) is 1. The maximum absolute atomic E-state index is 11.2. The van der Waals surface area contributed by atoms with E-state index in [1.165, 1.54) is 0 Å². The lowest BCUT2D eigenvalue weighted by Gasteiger charge is -2.22. The minimum Gasteiger partial charge on any atom is -0.465 e. The van der Waals surface area contributed by atoms with E-state index in [1.807, 2.05) is 19.9 Å². The van der Waals surface area contributed by atoms with E-state index >= 15 is 0 Å². The number of carbonyl (C=O) groups excluding carboxylic acids is 1. The fraction of sp³-hybridized carbons (Fsp3) is 0.818. The molecule has 0 spiro atoms. The summed E-state index contributed by atoms with van der Waals surface area (Å²) in [4.78, 5) is 11.2. The van der Waals surface area contributed by atoms with Gasteiger partial charge in [-0.25, -0.2) is 0 Å². The molecule has 0 saturated heterocycles. The molecule has 0 aromatic heterocycles. The van der Waals surface area contributed by atoms with Crippen molar-refractivity contribution in [1.29, 1.82) is 5.26 Å². The van der Waals surface area contributed by atoms with Gasteiger partial charge in [0.15, 0.2) is 0 Å². The van der Waals surface area contributed by atoms with Crippen molar-refractivity contribution in [3.05, 3.63) is 0 Å². The third-order valence-corrected chi connectivity index (χ3v) is 2.06. The largest absolute Gasteiger partial charge is 0.465 e. The number of ether oxygens (including phenoxy) is 1. The quantitative estimate of drug-likeness (QED) is 0.702. The molecule has 86 valence electrons. The van der Waals surface area contributed by atoms with E-state index in [2.05, 4.69) is 0 Å². The molecule has 0 amide bonds. The standard InChI is InChI=1S/C11H19NO3/c1-8(2)6-15-10(14)5-9(13)11(3,4)7-12/h8-9,13H,5-6H2,1-4H3. The first-order valence-corrected chi connectivity index (χ1v) is 5.04. The van der Waals surface area contributed by atoms with E-state index in [9.17, 15) is 9.90 Å². The van der Waals surface area contributed by atoms with E-state index in [4.69, 9.17) is 10.00 Å². The van der Waals surface area contributed by atoms with Crippen LogP contribution < -0.4 is 0 Å². The second-order valence-electron chi connectivity index (χ2n) is 4.63. The molecule has 4 nitrogen and oxygen atoms in total. The van der Waals surface area contributed by atoms with E-state index in [1.54, 1.807) is 13.8 Å². The summed E-state index contributed by atoms with van der Waals surface area (Å²) in [6.45, 7) is 7.39. The number of carbonyl (C=O) groups is 1. The highest BCUT2D eigenvalue weighted by molar-refractivity contribution is 5.70. The lowest BCUT2D eigenvalue weighted by molar-refractivity contribution is -0.148. The summed E-state index contributed by atoms with van der Waals surface area (Å²) >= 11 is 0. The van der Waals surface area contributed by atoms with Gasteiger partial charge in [-0.2, -0.15) is 5.26 Å². The van der Waals surface area contributed by atoms with Gasteiger partial charge in [0.2, 0.25) is 0 Å². The SMILES string of the molecule is CC(C)COC(=O)CC(O)C(C)(C)C#N. The molecular formula is C11H19NO3. The number of rotatable bonds is 5. The van der Waals surface area contributed by atoms with Crippen LogP contribution in [0.1, 0.15) is 34.1 Å². The van der Waals surface area contributed by atoms with Gasteiger partial charge in [-0.1, -0.05) is 13.8 Å². The highest BCUT2D eigenvalue weighted by Crippen LogP contribution is 2.21. The highest BCUT2D eigenvalue weighted by atomic mass is 16.5. The molecule has 0 aliphatic carbocycles. The average molecular weight is 213 g/mol. The van der Waals surface area contributed by atoms with Crippen LogP contribution in [-0.4, -0.2) is 23.8 Å². The molecule has 1 atom stereocenters. The molecule has 0 radical (unpaired) electrons. The van der Waals surface area contributed by atoms with Crippen molar-refractivity contribution < 1.29 is 14.6 Å². The van der Waals surface area contributed by atoms with Gasteiger partial charge in [0.1, 0.15) is 0 Å². The minimum atomic E-state index is -0.984. The Labute approximate surface area is 90.9 Å². The van der Waals surface area contributed by atoms with Crippen molar-refractivity contribution in [3.63, 3.8) is 0 Å². The number of nitrogens with zero attached hydrogens (tertiary/aromatic N) is 1. The normalized spacial score (nSPS) is 13.4. The van der Waals surface area contributed by atoms with Gasteiger partial charge in [0.25, 0.3) is 0 Å². The number of hydrogen-bond acceptors (Lipinski definition) is 4. The van der Waals surface area contributed by atoms with Crippen LogP contribution >= 0.6 is 0 Å². The summed E-state index contributed by atoms with van der Waals surface area (Å²) in [6, 6.07) is 1.95. The third kappa shape index (κ3) is 5.38. The molecule has 0 aromatic carbocycles. The van der Waals surface area contributed by atoms with E-state index in [0.717, 1.165) is 0 Å².